The van der Waals surface area contributed by atoms with Crippen molar-refractivity contribution in [2.75, 3.05) is 13.2 Å². The van der Waals surface area contributed by atoms with Crippen molar-refractivity contribution in [2.24, 2.45) is 0 Å². The van der Waals surface area contributed by atoms with Gasteiger partial charge in [-0.15, -0.1) is 11.8 Å². The minimum absolute atomic E-state index is 0.0155. The van der Waals surface area contributed by atoms with Gasteiger partial charge in [0.2, 0.25) is 0 Å². The van der Waals surface area contributed by atoms with Crippen LogP contribution in [0.15, 0.2) is 30.3 Å². The Labute approximate surface area is 155 Å². The first-order valence-corrected chi connectivity index (χ1v) is 13.5. The lowest BCUT2D eigenvalue weighted by atomic mass is 9.91. The molecule has 0 bridgehead atoms. The number of hydrogen-bond acceptors (Lipinski definition) is 2. The van der Waals surface area contributed by atoms with Crippen LogP contribution in [0.4, 0.5) is 0 Å². The lowest BCUT2D eigenvalue weighted by molar-refractivity contribution is -0.163. The van der Waals surface area contributed by atoms with Crippen molar-refractivity contribution < 1.29 is 9.47 Å². The van der Waals surface area contributed by atoms with Crippen molar-refractivity contribution in [2.45, 2.75) is 76.4 Å². The van der Waals surface area contributed by atoms with Crippen molar-refractivity contribution >= 4 is 8.07 Å². The summed E-state index contributed by atoms with van der Waals surface area (Å²) in [4.78, 5) is 0. The molecule has 0 N–H and O–H groups in total. The fourth-order valence-electron chi connectivity index (χ4n) is 3.05. The molecule has 138 valence electrons. The Bertz CT molecular complexity index is 533. The van der Waals surface area contributed by atoms with Crippen molar-refractivity contribution in [3.63, 3.8) is 0 Å². The molecule has 1 fully saturated rings. The predicted molar refractivity (Wildman–Crippen MR) is 109 cm³/mol. The van der Waals surface area contributed by atoms with E-state index in [1.54, 1.807) is 0 Å². The van der Waals surface area contributed by atoms with Gasteiger partial charge in [0.25, 0.3) is 0 Å². The van der Waals surface area contributed by atoms with Crippen LogP contribution in [0.25, 0.3) is 0 Å². The molecule has 0 aromatic heterocycles. The monoisotopic (exact) mass is 358 g/mol. The van der Waals surface area contributed by atoms with Crippen LogP contribution in [0.1, 0.15) is 50.0 Å². The quantitative estimate of drug-likeness (QED) is 0.430. The minimum atomic E-state index is -1.05. The minimum Gasteiger partial charge on any atom is -0.353 e. The van der Waals surface area contributed by atoms with Gasteiger partial charge in [0.15, 0.2) is 6.29 Å². The van der Waals surface area contributed by atoms with Gasteiger partial charge in [-0.25, -0.2) is 0 Å². The Balaban J connectivity index is 1.81. The highest BCUT2D eigenvalue weighted by molar-refractivity contribution is 6.76. The van der Waals surface area contributed by atoms with E-state index in [4.69, 9.17) is 9.47 Å². The lowest BCUT2D eigenvalue weighted by Crippen LogP contribution is -2.23. The number of hydrogen-bond donors (Lipinski definition) is 0. The zero-order chi connectivity index (χ0) is 18.0. The summed E-state index contributed by atoms with van der Waals surface area (Å²) < 4.78 is 11.6. The van der Waals surface area contributed by atoms with Crippen molar-refractivity contribution in [3.8, 4) is 11.8 Å². The van der Waals surface area contributed by atoms with Gasteiger partial charge in [-0.1, -0.05) is 50.0 Å². The smallest absolute Gasteiger partial charge is 0.157 e. The fraction of sp³-hybridized carbons (Fsp3) is 0.636. The predicted octanol–water partition coefficient (Wildman–Crippen LogP) is 5.83. The number of benzene rings is 1. The summed E-state index contributed by atoms with van der Waals surface area (Å²) in [5.41, 5.74) is 1.41. The van der Waals surface area contributed by atoms with Gasteiger partial charge in [-0.05, 0) is 43.6 Å². The highest BCUT2D eigenvalue weighted by Gasteiger charge is 2.16. The van der Waals surface area contributed by atoms with Crippen LogP contribution in [-0.2, 0) is 9.47 Å². The topological polar surface area (TPSA) is 18.5 Å². The van der Waals surface area contributed by atoms with Gasteiger partial charge < -0.3 is 9.47 Å². The third-order valence-corrected chi connectivity index (χ3v) is 5.78. The Kier molecular flexibility index (Phi) is 8.75. The lowest BCUT2D eigenvalue weighted by Gasteiger charge is -2.24. The summed E-state index contributed by atoms with van der Waals surface area (Å²) >= 11 is 0. The molecule has 0 radical (unpaired) electrons. The summed E-state index contributed by atoms with van der Waals surface area (Å²) in [6, 6.07) is 11.9. The molecule has 1 aliphatic heterocycles. The molecule has 2 rings (SSSR count). The zero-order valence-corrected chi connectivity index (χ0v) is 17.2. The molecule has 0 aliphatic carbocycles. The Hall–Kier alpha value is -1.08. The van der Waals surface area contributed by atoms with Crippen molar-refractivity contribution in [1.82, 2.24) is 0 Å². The maximum atomic E-state index is 5.95. The molecular weight excluding hydrogens is 324 g/mol. The average Bonchev–Trinajstić information content (AvgIpc) is 2.60. The summed E-state index contributed by atoms with van der Waals surface area (Å²) in [5, 5.41) is 0. The Morgan fingerprint density at radius 2 is 1.92 bits per heavy atom. The molecule has 2 unspecified atom stereocenters. The first-order valence-electron chi connectivity index (χ1n) is 9.78. The standard InChI is InChI=1S/C22H34O2Si/c1-25(2,3)19-11-5-8-14-21(20-12-6-4-7-13-20)16-18-24-22-15-9-10-17-23-22/h4,6-7,12-13,21-22H,8-10,14-19H2,1-3H3. The molecule has 1 aromatic rings. The van der Waals surface area contributed by atoms with E-state index in [-0.39, 0.29) is 6.29 Å². The molecule has 2 atom stereocenters. The zero-order valence-electron chi connectivity index (χ0n) is 16.2. The second-order valence-electron chi connectivity index (χ2n) is 8.19. The van der Waals surface area contributed by atoms with Crippen molar-refractivity contribution in [3.05, 3.63) is 35.9 Å². The third-order valence-electron chi connectivity index (χ3n) is 4.54. The Morgan fingerprint density at radius 1 is 1.12 bits per heavy atom. The molecule has 1 heterocycles. The molecule has 2 nitrogen and oxygen atoms in total. The van der Waals surface area contributed by atoms with Crippen LogP contribution in [0, 0.1) is 11.8 Å². The van der Waals surface area contributed by atoms with Crippen LogP contribution >= 0.6 is 0 Å². The summed E-state index contributed by atoms with van der Waals surface area (Å²) in [6.45, 7) is 8.74. The summed E-state index contributed by atoms with van der Waals surface area (Å²) in [5.74, 6) is 7.32. The van der Waals surface area contributed by atoms with E-state index >= 15 is 0 Å². The molecule has 0 spiro atoms. The SMILES string of the molecule is C[Si](C)(C)CC#CCCC(CCOC1CCCCO1)c1ccccc1. The van der Waals surface area contributed by atoms with E-state index in [0.29, 0.717) is 5.92 Å². The molecule has 3 heteroatoms. The fourth-order valence-corrected chi connectivity index (χ4v) is 3.71. The largest absolute Gasteiger partial charge is 0.353 e. The van der Waals surface area contributed by atoms with E-state index in [2.05, 4.69) is 61.8 Å². The van der Waals surface area contributed by atoms with E-state index < -0.39 is 8.07 Å². The van der Waals surface area contributed by atoms with E-state index in [1.165, 1.54) is 18.4 Å². The first-order chi connectivity index (χ1) is 12.0. The molecule has 0 amide bonds. The number of rotatable bonds is 8. The van der Waals surface area contributed by atoms with Crippen molar-refractivity contribution in [1.29, 1.82) is 0 Å². The van der Waals surface area contributed by atoms with Gasteiger partial charge in [-0.3, -0.25) is 0 Å². The van der Waals surface area contributed by atoms with Gasteiger partial charge in [0.05, 0.1) is 14.7 Å². The van der Waals surface area contributed by atoms with E-state index in [1.807, 2.05) is 0 Å². The second-order valence-corrected chi connectivity index (χ2v) is 13.7. The third kappa shape index (κ3) is 8.72. The van der Waals surface area contributed by atoms with E-state index in [9.17, 15) is 0 Å². The molecule has 0 saturated carbocycles. The van der Waals surface area contributed by atoms with Crippen LogP contribution in [0.5, 0.6) is 0 Å². The summed E-state index contributed by atoms with van der Waals surface area (Å²) in [7, 11) is -1.05. The first kappa shape index (κ1) is 20.2. The van der Waals surface area contributed by atoms with E-state index in [0.717, 1.165) is 44.9 Å². The normalized spacial score (nSPS) is 19.1. The number of ether oxygens (including phenoxy) is 2. The second kappa shape index (κ2) is 10.8. The van der Waals surface area contributed by atoms with Crippen LogP contribution in [0.2, 0.25) is 25.7 Å². The van der Waals surface area contributed by atoms with Gasteiger partial charge in [-0.2, -0.15) is 0 Å². The molecule has 1 saturated heterocycles. The highest BCUT2D eigenvalue weighted by atomic mass is 28.3. The maximum absolute atomic E-state index is 5.95. The molecule has 25 heavy (non-hydrogen) atoms. The maximum Gasteiger partial charge on any atom is 0.157 e. The molecule has 1 aliphatic rings. The Morgan fingerprint density at radius 3 is 2.60 bits per heavy atom. The average molecular weight is 359 g/mol. The molecular formula is C22H34O2Si. The highest BCUT2D eigenvalue weighted by Crippen LogP contribution is 2.25. The van der Waals surface area contributed by atoms with Crippen LogP contribution < -0.4 is 0 Å². The van der Waals surface area contributed by atoms with Gasteiger partial charge in [0.1, 0.15) is 0 Å². The summed E-state index contributed by atoms with van der Waals surface area (Å²) in [6.07, 6.45) is 6.57. The van der Waals surface area contributed by atoms with Gasteiger partial charge in [0, 0.05) is 19.1 Å². The van der Waals surface area contributed by atoms with Gasteiger partial charge >= 0.3 is 0 Å². The van der Waals surface area contributed by atoms with Crippen LogP contribution in [-0.4, -0.2) is 27.6 Å². The van der Waals surface area contributed by atoms with Crippen LogP contribution in [0.3, 0.4) is 0 Å². The molecule has 1 aromatic carbocycles.